The molecule has 0 saturated carbocycles. The number of aliphatic carboxylic acids is 1. The average molecular weight is 399 g/mol. The van der Waals surface area contributed by atoms with Crippen LogP contribution in [0.5, 0.6) is 11.5 Å². The Morgan fingerprint density at radius 1 is 1.22 bits per heavy atom. The molecule has 0 unspecified atom stereocenters. The quantitative estimate of drug-likeness (QED) is 0.427. The van der Waals surface area contributed by atoms with Gasteiger partial charge < -0.3 is 19.3 Å². The summed E-state index contributed by atoms with van der Waals surface area (Å²) in [6.45, 7) is 5.02. The van der Waals surface area contributed by atoms with Crippen molar-refractivity contribution in [3.05, 3.63) is 33.9 Å². The summed E-state index contributed by atoms with van der Waals surface area (Å²) in [6.07, 6.45) is 2.62. The third-order valence-corrected chi connectivity index (χ3v) is 4.26. The number of rotatable bonds is 7. The molecule has 0 aliphatic carbocycles. The molecule has 0 bridgehead atoms. The zero-order chi connectivity index (χ0) is 19.4. The van der Waals surface area contributed by atoms with Gasteiger partial charge in [-0.15, -0.1) is 12.4 Å². The van der Waals surface area contributed by atoms with Crippen LogP contribution in [0.4, 0.5) is 0 Å². The highest BCUT2D eigenvalue weighted by Gasteiger charge is 2.33. The number of hydrogen-bond donors (Lipinski definition) is 1. The summed E-state index contributed by atoms with van der Waals surface area (Å²) in [7, 11) is 1.51. The molecule has 1 aliphatic rings. The van der Waals surface area contributed by atoms with Gasteiger partial charge in [-0.1, -0.05) is 11.6 Å². The van der Waals surface area contributed by atoms with Crippen LogP contribution in [0.3, 0.4) is 0 Å². The lowest BCUT2D eigenvalue weighted by Crippen LogP contribution is -2.11. The van der Waals surface area contributed by atoms with Crippen molar-refractivity contribution in [2.24, 2.45) is 0 Å². The number of benzene rings is 1. The Balaban J connectivity index is 0.00000364. The number of esters is 2. The molecule has 0 atom stereocenters. The predicted octanol–water partition coefficient (Wildman–Crippen LogP) is 3.37. The molecule has 8 heteroatoms. The van der Waals surface area contributed by atoms with Crippen molar-refractivity contribution in [1.82, 2.24) is 0 Å². The second-order valence-electron chi connectivity index (χ2n) is 6.14. The van der Waals surface area contributed by atoms with Gasteiger partial charge in [0.15, 0.2) is 5.75 Å². The Morgan fingerprint density at radius 2 is 1.89 bits per heavy atom. The fourth-order valence-electron chi connectivity index (χ4n) is 2.95. The van der Waals surface area contributed by atoms with Gasteiger partial charge in [0.25, 0.3) is 0 Å². The monoisotopic (exact) mass is 398 g/mol. The number of carbonyl (C=O) groups is 3. The van der Waals surface area contributed by atoms with Crippen molar-refractivity contribution in [3.8, 4) is 11.5 Å². The first kappa shape index (κ1) is 22.5. The molecule has 1 aliphatic heterocycles. The lowest BCUT2D eigenvalue weighted by atomic mass is 9.94. The summed E-state index contributed by atoms with van der Waals surface area (Å²) < 4.78 is 16.0. The summed E-state index contributed by atoms with van der Waals surface area (Å²) in [4.78, 5) is 34.4. The van der Waals surface area contributed by atoms with E-state index in [0.29, 0.717) is 29.7 Å². The van der Waals surface area contributed by atoms with Crippen LogP contribution in [0, 0.1) is 6.92 Å². The molecule has 0 aromatic heterocycles. The van der Waals surface area contributed by atoms with Gasteiger partial charge >= 0.3 is 17.9 Å². The van der Waals surface area contributed by atoms with Gasteiger partial charge in [0, 0.05) is 24.5 Å². The summed E-state index contributed by atoms with van der Waals surface area (Å²) in [6, 6.07) is 0. The first-order valence-electron chi connectivity index (χ1n) is 8.21. The highest BCUT2D eigenvalue weighted by atomic mass is 35.5. The van der Waals surface area contributed by atoms with Gasteiger partial charge in [0.2, 0.25) is 0 Å². The second kappa shape index (κ2) is 9.41. The molecule has 0 saturated heterocycles. The molecule has 7 nitrogen and oxygen atoms in total. The van der Waals surface area contributed by atoms with E-state index < -0.39 is 17.9 Å². The first-order valence-corrected chi connectivity index (χ1v) is 8.21. The van der Waals surface area contributed by atoms with Crippen molar-refractivity contribution in [2.75, 3.05) is 7.11 Å². The van der Waals surface area contributed by atoms with Crippen molar-refractivity contribution in [2.45, 2.75) is 46.6 Å². The highest BCUT2D eigenvalue weighted by molar-refractivity contribution is 5.99. The number of fused-ring (bicyclic) bond motifs is 1. The standard InChI is InChI=1S/C19H22O7.ClH/c1-10(6-8-15(21)22)5-7-13-17(24-4)11(2)14-9-25-19(23)16(14)18(13)26-12(3)20;/h5H,6-9H2,1-4H3,(H,21,22);1H. The van der Waals surface area contributed by atoms with Crippen molar-refractivity contribution < 1.29 is 33.7 Å². The molecule has 1 aromatic rings. The van der Waals surface area contributed by atoms with Gasteiger partial charge in [0.1, 0.15) is 17.9 Å². The summed E-state index contributed by atoms with van der Waals surface area (Å²) in [5, 5.41) is 8.79. The number of halogens is 1. The Labute approximate surface area is 163 Å². The highest BCUT2D eigenvalue weighted by Crippen LogP contribution is 2.42. The van der Waals surface area contributed by atoms with Gasteiger partial charge in [-0.05, 0) is 32.3 Å². The topological polar surface area (TPSA) is 99.1 Å². The van der Waals surface area contributed by atoms with E-state index in [1.165, 1.54) is 14.0 Å². The molecule has 148 valence electrons. The molecule has 1 aromatic carbocycles. The van der Waals surface area contributed by atoms with Crippen LogP contribution in [0.15, 0.2) is 11.6 Å². The van der Waals surface area contributed by atoms with Gasteiger partial charge in [-0.3, -0.25) is 9.59 Å². The van der Waals surface area contributed by atoms with Gasteiger partial charge in [-0.2, -0.15) is 0 Å². The molecule has 0 fully saturated rings. The smallest absolute Gasteiger partial charge is 0.342 e. The molecular formula is C19H23ClO7. The molecule has 2 rings (SSSR count). The number of methoxy groups -OCH3 is 1. The number of allylic oxidation sites excluding steroid dienone is 2. The summed E-state index contributed by atoms with van der Waals surface area (Å²) in [5.41, 5.74) is 3.11. The zero-order valence-electron chi connectivity index (χ0n) is 15.7. The maximum Gasteiger partial charge on any atom is 0.342 e. The maximum absolute atomic E-state index is 12.2. The van der Waals surface area contributed by atoms with Crippen molar-refractivity contribution in [1.29, 1.82) is 0 Å². The minimum Gasteiger partial charge on any atom is -0.496 e. The fourth-order valence-corrected chi connectivity index (χ4v) is 2.95. The minimum absolute atomic E-state index is 0. The van der Waals surface area contributed by atoms with Gasteiger partial charge in [-0.25, -0.2) is 4.79 Å². The zero-order valence-corrected chi connectivity index (χ0v) is 16.5. The van der Waals surface area contributed by atoms with Crippen LogP contribution < -0.4 is 9.47 Å². The van der Waals surface area contributed by atoms with E-state index in [9.17, 15) is 14.4 Å². The van der Waals surface area contributed by atoms with Gasteiger partial charge in [0.05, 0.1) is 7.11 Å². The number of carboxylic acid groups (broad SMARTS) is 1. The lowest BCUT2D eigenvalue weighted by Gasteiger charge is -2.18. The van der Waals surface area contributed by atoms with E-state index in [2.05, 4.69) is 0 Å². The average Bonchev–Trinajstić information content (AvgIpc) is 2.95. The van der Waals surface area contributed by atoms with Crippen LogP contribution in [-0.4, -0.2) is 30.1 Å². The number of carboxylic acids is 1. The van der Waals surface area contributed by atoms with E-state index in [-0.39, 0.29) is 36.7 Å². The van der Waals surface area contributed by atoms with E-state index in [0.717, 1.165) is 11.1 Å². The summed E-state index contributed by atoms with van der Waals surface area (Å²) in [5.74, 6) is -1.27. The third kappa shape index (κ3) is 5.01. The normalized spacial score (nSPS) is 12.7. The predicted molar refractivity (Wildman–Crippen MR) is 99.7 cm³/mol. The van der Waals surface area contributed by atoms with Crippen LogP contribution in [0.1, 0.15) is 53.7 Å². The fraction of sp³-hybridized carbons (Fsp3) is 0.421. The number of cyclic esters (lactones) is 1. The first-order chi connectivity index (χ1) is 12.3. The van der Waals surface area contributed by atoms with E-state index in [1.54, 1.807) is 0 Å². The Kier molecular flexibility index (Phi) is 7.84. The SMILES string of the molecule is COc1c(C)c2c(c(OC(C)=O)c1CC=C(C)CCC(=O)O)C(=O)OC2.Cl. The molecule has 0 radical (unpaired) electrons. The largest absolute Gasteiger partial charge is 0.496 e. The van der Waals surface area contributed by atoms with Crippen LogP contribution in [0.2, 0.25) is 0 Å². The second-order valence-corrected chi connectivity index (χ2v) is 6.14. The number of hydrogen-bond acceptors (Lipinski definition) is 6. The van der Waals surface area contributed by atoms with Crippen molar-refractivity contribution >= 4 is 30.3 Å². The third-order valence-electron chi connectivity index (χ3n) is 4.26. The van der Waals surface area contributed by atoms with E-state index >= 15 is 0 Å². The maximum atomic E-state index is 12.2. The molecule has 1 N–H and O–H groups in total. The molecule has 27 heavy (non-hydrogen) atoms. The molecule has 0 spiro atoms. The minimum atomic E-state index is -0.868. The van der Waals surface area contributed by atoms with E-state index in [4.69, 9.17) is 19.3 Å². The van der Waals surface area contributed by atoms with Crippen LogP contribution in [0.25, 0.3) is 0 Å². The van der Waals surface area contributed by atoms with E-state index in [1.807, 2.05) is 19.9 Å². The lowest BCUT2D eigenvalue weighted by molar-refractivity contribution is -0.137. The molecule has 1 heterocycles. The van der Waals surface area contributed by atoms with Crippen LogP contribution >= 0.6 is 12.4 Å². The summed E-state index contributed by atoms with van der Waals surface area (Å²) >= 11 is 0. The van der Waals surface area contributed by atoms with Crippen LogP contribution in [-0.2, 0) is 27.4 Å². The molecular weight excluding hydrogens is 376 g/mol. The number of ether oxygens (including phenoxy) is 3. The molecule has 0 amide bonds. The Morgan fingerprint density at radius 3 is 2.44 bits per heavy atom. The Hall–Kier alpha value is -2.54. The number of carbonyl (C=O) groups excluding carboxylic acids is 2. The van der Waals surface area contributed by atoms with Crippen molar-refractivity contribution in [3.63, 3.8) is 0 Å². The Bertz CT molecular complexity index is 796.